The van der Waals surface area contributed by atoms with Crippen LogP contribution in [0.25, 0.3) is 0 Å². The molecule has 4 amide bonds. The topological polar surface area (TPSA) is 146 Å². The van der Waals surface area contributed by atoms with Crippen molar-refractivity contribution in [2.24, 2.45) is 5.73 Å². The average Bonchev–Trinajstić information content (AvgIpc) is 2.62. The quantitative estimate of drug-likeness (QED) is 0.505. The lowest BCUT2D eigenvalue weighted by molar-refractivity contribution is -0.125. The molecule has 0 bridgehead atoms. The second kappa shape index (κ2) is 10.4. The molecule has 1 aromatic carbocycles. The third-order valence-corrected chi connectivity index (χ3v) is 3.14. The van der Waals surface area contributed by atoms with Crippen LogP contribution in [0.1, 0.15) is 10.4 Å². The number of ether oxygens (including phenoxy) is 3. The van der Waals surface area contributed by atoms with Crippen molar-refractivity contribution in [1.82, 2.24) is 10.6 Å². The highest BCUT2D eigenvalue weighted by atomic mass is 35.5. The van der Waals surface area contributed by atoms with Crippen molar-refractivity contribution in [2.75, 3.05) is 26.9 Å². The molecule has 0 aliphatic heterocycles. The Morgan fingerprint density at radius 3 is 2.38 bits per heavy atom. The third-order valence-electron chi connectivity index (χ3n) is 2.86. The number of nitrogens with two attached hydrogens (primary N) is 1. The monoisotopic (exact) mass is 441 g/mol. The fourth-order valence-corrected chi connectivity index (χ4v) is 1.99. The summed E-state index contributed by atoms with van der Waals surface area (Å²) in [4.78, 5) is 45.4. The molecular weight excluding hydrogens is 427 g/mol. The second-order valence-electron chi connectivity index (χ2n) is 5.17. The predicted molar refractivity (Wildman–Crippen MR) is 90.6 cm³/mol. The van der Waals surface area contributed by atoms with Crippen molar-refractivity contribution >= 4 is 35.4 Å². The molecule has 0 radical (unpaired) electrons. The van der Waals surface area contributed by atoms with E-state index in [4.69, 9.17) is 26.8 Å². The van der Waals surface area contributed by atoms with Gasteiger partial charge in [-0.2, -0.15) is 13.2 Å². The number of benzene rings is 1. The van der Waals surface area contributed by atoms with Gasteiger partial charge in [-0.05, 0) is 12.1 Å². The van der Waals surface area contributed by atoms with Crippen molar-refractivity contribution in [3.63, 3.8) is 0 Å². The number of carbonyl (C=O) groups is 4. The van der Waals surface area contributed by atoms with Crippen LogP contribution in [0.5, 0.6) is 11.5 Å². The molecule has 160 valence electrons. The minimum absolute atomic E-state index is 0.0401. The Bertz CT molecular complexity index is 802. The number of hydrogen-bond donors (Lipinski definition) is 3. The summed E-state index contributed by atoms with van der Waals surface area (Å²) in [7, 11) is 1.23. The van der Waals surface area contributed by atoms with E-state index in [0.717, 1.165) is 12.1 Å². The van der Waals surface area contributed by atoms with E-state index in [9.17, 15) is 32.3 Å². The molecule has 0 fully saturated rings. The molecule has 1 aromatic rings. The average molecular weight is 442 g/mol. The van der Waals surface area contributed by atoms with Crippen LogP contribution in [0.2, 0.25) is 5.02 Å². The van der Waals surface area contributed by atoms with Crippen LogP contribution in [-0.2, 0) is 14.3 Å². The van der Waals surface area contributed by atoms with Crippen molar-refractivity contribution in [2.45, 2.75) is 6.18 Å². The van der Waals surface area contributed by atoms with E-state index in [2.05, 4.69) is 4.74 Å². The van der Waals surface area contributed by atoms with E-state index in [1.165, 1.54) is 12.4 Å². The number of primary amides is 1. The highest BCUT2D eigenvalue weighted by Gasteiger charge is 2.28. The van der Waals surface area contributed by atoms with Crippen molar-refractivity contribution in [3.05, 3.63) is 22.7 Å². The first-order chi connectivity index (χ1) is 13.4. The molecule has 4 N–H and O–H groups in total. The molecule has 0 heterocycles. The summed E-state index contributed by atoms with van der Waals surface area (Å²) in [6.45, 7) is -3.11. The van der Waals surface area contributed by atoms with Crippen molar-refractivity contribution < 1.29 is 46.6 Å². The molecular formula is C15H15ClF3N3O7. The Kier molecular flexibility index (Phi) is 8.51. The first kappa shape index (κ1) is 23.8. The number of carbonyl (C=O) groups excluding carboxylic acids is 4. The van der Waals surface area contributed by atoms with Gasteiger partial charge >= 0.3 is 18.2 Å². The number of amides is 4. The summed E-state index contributed by atoms with van der Waals surface area (Å²) in [5.41, 5.74) is 4.79. The Labute approximate surface area is 166 Å². The van der Waals surface area contributed by atoms with Gasteiger partial charge in [-0.15, -0.1) is 0 Å². The zero-order valence-corrected chi connectivity index (χ0v) is 15.5. The SMILES string of the molecule is COc1cc(C(=O)OCC(=O)NC(=O)NCC(F)(F)F)cc(Cl)c1OCC(N)=O. The molecule has 1 rings (SSSR count). The lowest BCUT2D eigenvalue weighted by Gasteiger charge is -2.13. The number of halogens is 4. The van der Waals surface area contributed by atoms with Crippen LogP contribution < -0.4 is 25.8 Å². The molecule has 0 saturated carbocycles. The first-order valence-corrected chi connectivity index (χ1v) is 7.91. The molecule has 0 atom stereocenters. The summed E-state index contributed by atoms with van der Waals surface area (Å²) >= 11 is 5.95. The van der Waals surface area contributed by atoms with Gasteiger partial charge in [0.2, 0.25) is 0 Å². The summed E-state index contributed by atoms with van der Waals surface area (Å²) in [6, 6.07) is 0.818. The van der Waals surface area contributed by atoms with Gasteiger partial charge in [-0.1, -0.05) is 11.6 Å². The van der Waals surface area contributed by atoms with Crippen LogP contribution in [0, 0.1) is 0 Å². The standard InChI is InChI=1S/C15H15ClF3N3O7/c1-27-9-3-7(2-8(16)12(9)28-4-10(20)23)13(25)29-5-11(24)22-14(26)21-6-15(17,18)19/h2-3H,4-6H2,1H3,(H2,20,23)(H2,21,22,24,26). The van der Waals surface area contributed by atoms with E-state index in [1.807, 2.05) is 0 Å². The highest BCUT2D eigenvalue weighted by molar-refractivity contribution is 6.32. The number of imide groups is 1. The van der Waals surface area contributed by atoms with E-state index < -0.39 is 49.7 Å². The minimum atomic E-state index is -4.65. The second-order valence-corrected chi connectivity index (χ2v) is 5.57. The molecule has 0 aliphatic carbocycles. The van der Waals surface area contributed by atoms with Gasteiger partial charge in [0.15, 0.2) is 24.7 Å². The maximum atomic E-state index is 12.0. The van der Waals surface area contributed by atoms with Gasteiger partial charge in [0.05, 0.1) is 17.7 Å². The number of nitrogens with one attached hydrogen (secondary N) is 2. The van der Waals surface area contributed by atoms with Gasteiger partial charge in [0.1, 0.15) is 6.54 Å². The lowest BCUT2D eigenvalue weighted by Crippen LogP contribution is -2.44. The molecule has 10 nitrogen and oxygen atoms in total. The van der Waals surface area contributed by atoms with Crippen LogP contribution in [-0.4, -0.2) is 56.9 Å². The van der Waals surface area contributed by atoms with E-state index in [1.54, 1.807) is 5.32 Å². The fraction of sp³-hybridized carbons (Fsp3) is 0.333. The lowest BCUT2D eigenvalue weighted by atomic mass is 10.2. The van der Waals surface area contributed by atoms with Gasteiger partial charge in [0.25, 0.3) is 11.8 Å². The molecule has 0 aliphatic rings. The van der Waals surface area contributed by atoms with Crippen LogP contribution in [0.15, 0.2) is 12.1 Å². The Morgan fingerprint density at radius 1 is 1.17 bits per heavy atom. The normalized spacial score (nSPS) is 10.7. The highest BCUT2D eigenvalue weighted by Crippen LogP contribution is 2.36. The number of alkyl halides is 3. The molecule has 0 unspecified atom stereocenters. The molecule has 29 heavy (non-hydrogen) atoms. The van der Waals surface area contributed by atoms with Crippen LogP contribution in [0.4, 0.5) is 18.0 Å². The van der Waals surface area contributed by atoms with Gasteiger partial charge in [-0.3, -0.25) is 14.9 Å². The van der Waals surface area contributed by atoms with E-state index >= 15 is 0 Å². The van der Waals surface area contributed by atoms with Gasteiger partial charge < -0.3 is 25.3 Å². The van der Waals surface area contributed by atoms with Crippen molar-refractivity contribution in [1.29, 1.82) is 0 Å². The van der Waals surface area contributed by atoms with Crippen LogP contribution >= 0.6 is 11.6 Å². The summed E-state index contributed by atoms with van der Waals surface area (Å²) in [5.74, 6) is -3.11. The Balaban J connectivity index is 2.67. The Morgan fingerprint density at radius 2 is 1.83 bits per heavy atom. The maximum Gasteiger partial charge on any atom is 0.405 e. The van der Waals surface area contributed by atoms with Gasteiger partial charge in [-0.25, -0.2) is 9.59 Å². The number of hydrogen-bond acceptors (Lipinski definition) is 7. The number of esters is 1. The molecule has 14 heteroatoms. The minimum Gasteiger partial charge on any atom is -0.493 e. The van der Waals surface area contributed by atoms with Gasteiger partial charge in [0, 0.05) is 0 Å². The zero-order valence-electron chi connectivity index (χ0n) is 14.7. The fourth-order valence-electron chi connectivity index (χ4n) is 1.72. The summed E-state index contributed by atoms with van der Waals surface area (Å²) in [6.07, 6.45) is -4.65. The van der Waals surface area contributed by atoms with E-state index in [-0.39, 0.29) is 22.1 Å². The Hall–Kier alpha value is -3.22. The smallest absolute Gasteiger partial charge is 0.405 e. The number of rotatable bonds is 8. The molecule has 0 aromatic heterocycles. The number of urea groups is 1. The maximum absolute atomic E-state index is 12.0. The molecule has 0 spiro atoms. The summed E-state index contributed by atoms with van der Waals surface area (Å²) in [5, 5.41) is 2.82. The predicted octanol–water partition coefficient (Wildman–Crippen LogP) is 0.758. The largest absolute Gasteiger partial charge is 0.493 e. The molecule has 0 saturated heterocycles. The zero-order chi connectivity index (χ0) is 22.2. The first-order valence-electron chi connectivity index (χ1n) is 7.53. The third kappa shape index (κ3) is 8.55. The number of methoxy groups -OCH3 is 1. The van der Waals surface area contributed by atoms with E-state index in [0.29, 0.717) is 0 Å². The summed E-state index contributed by atoms with van der Waals surface area (Å²) < 4.78 is 50.6. The van der Waals surface area contributed by atoms with Crippen molar-refractivity contribution in [3.8, 4) is 11.5 Å². The van der Waals surface area contributed by atoms with Crippen LogP contribution in [0.3, 0.4) is 0 Å².